The van der Waals surface area contributed by atoms with E-state index in [1.807, 2.05) is 7.05 Å². The van der Waals surface area contributed by atoms with E-state index in [2.05, 4.69) is 12.2 Å². The third-order valence-electron chi connectivity index (χ3n) is 3.02. The highest BCUT2D eigenvalue weighted by atomic mass is 19.1. The lowest BCUT2D eigenvalue weighted by Crippen LogP contribution is -2.21. The Bertz CT molecular complexity index is 371. The van der Waals surface area contributed by atoms with Gasteiger partial charge in [0.25, 0.3) is 0 Å². The standard InChI is InChI=1S/C14H22FNO2/c1-10(9-17-3)7-14(16-2)12-6-5-11(18-4)8-13(12)15/h5-6,8,10,14,16H,7,9H2,1-4H3. The highest BCUT2D eigenvalue weighted by molar-refractivity contribution is 5.30. The number of ether oxygens (including phenoxy) is 2. The maximum atomic E-state index is 14.0. The second kappa shape index (κ2) is 7.34. The topological polar surface area (TPSA) is 30.5 Å². The maximum absolute atomic E-state index is 14.0. The first kappa shape index (κ1) is 14.9. The number of benzene rings is 1. The lowest BCUT2D eigenvalue weighted by molar-refractivity contribution is 0.149. The van der Waals surface area contributed by atoms with E-state index in [4.69, 9.17) is 9.47 Å². The average molecular weight is 255 g/mol. The molecule has 1 aromatic carbocycles. The summed E-state index contributed by atoms with van der Waals surface area (Å²) in [7, 11) is 5.05. The summed E-state index contributed by atoms with van der Waals surface area (Å²) in [5.74, 6) is 0.670. The van der Waals surface area contributed by atoms with Gasteiger partial charge in [0.1, 0.15) is 11.6 Å². The average Bonchev–Trinajstić information content (AvgIpc) is 2.36. The lowest BCUT2D eigenvalue weighted by atomic mass is 9.96. The Morgan fingerprint density at radius 3 is 2.56 bits per heavy atom. The smallest absolute Gasteiger partial charge is 0.131 e. The molecule has 0 amide bonds. The zero-order valence-corrected chi connectivity index (χ0v) is 11.5. The Labute approximate surface area is 108 Å². The van der Waals surface area contributed by atoms with Crippen LogP contribution in [0.4, 0.5) is 4.39 Å². The van der Waals surface area contributed by atoms with E-state index in [-0.39, 0.29) is 11.9 Å². The minimum Gasteiger partial charge on any atom is -0.497 e. The van der Waals surface area contributed by atoms with Crippen LogP contribution in [0, 0.1) is 11.7 Å². The third-order valence-corrected chi connectivity index (χ3v) is 3.02. The van der Waals surface area contributed by atoms with Crippen LogP contribution in [0.1, 0.15) is 24.9 Å². The van der Waals surface area contributed by atoms with Crippen LogP contribution in [0.25, 0.3) is 0 Å². The van der Waals surface area contributed by atoms with Crippen molar-refractivity contribution in [3.63, 3.8) is 0 Å². The van der Waals surface area contributed by atoms with Gasteiger partial charge in [0, 0.05) is 31.4 Å². The van der Waals surface area contributed by atoms with E-state index in [1.165, 1.54) is 13.2 Å². The summed E-state index contributed by atoms with van der Waals surface area (Å²) in [6.45, 7) is 2.77. The van der Waals surface area contributed by atoms with Crippen molar-refractivity contribution in [2.45, 2.75) is 19.4 Å². The SMILES string of the molecule is CNC(CC(C)COC)c1ccc(OC)cc1F. The van der Waals surface area contributed by atoms with Crippen molar-refractivity contribution in [1.82, 2.24) is 5.32 Å². The van der Waals surface area contributed by atoms with Crippen LogP contribution in [0.3, 0.4) is 0 Å². The first-order chi connectivity index (χ1) is 8.62. The highest BCUT2D eigenvalue weighted by Gasteiger charge is 2.17. The van der Waals surface area contributed by atoms with Crippen molar-refractivity contribution >= 4 is 0 Å². The molecular weight excluding hydrogens is 233 g/mol. The second-order valence-corrected chi connectivity index (χ2v) is 4.52. The summed E-state index contributed by atoms with van der Waals surface area (Å²) in [5.41, 5.74) is 0.668. The Hall–Kier alpha value is -1.13. The predicted molar refractivity (Wildman–Crippen MR) is 70.4 cm³/mol. The molecule has 102 valence electrons. The molecule has 4 heteroatoms. The summed E-state index contributed by atoms with van der Waals surface area (Å²) in [6, 6.07) is 4.96. The van der Waals surface area contributed by atoms with Crippen molar-refractivity contribution in [3.05, 3.63) is 29.6 Å². The van der Waals surface area contributed by atoms with Gasteiger partial charge < -0.3 is 14.8 Å². The predicted octanol–water partition coefficient (Wildman–Crippen LogP) is 2.77. The summed E-state index contributed by atoms with van der Waals surface area (Å²) in [6.07, 6.45) is 0.827. The summed E-state index contributed by atoms with van der Waals surface area (Å²) < 4.78 is 24.1. The molecule has 0 spiro atoms. The first-order valence-electron chi connectivity index (χ1n) is 6.12. The molecule has 1 N–H and O–H groups in total. The molecule has 2 atom stereocenters. The fourth-order valence-corrected chi connectivity index (χ4v) is 2.07. The van der Waals surface area contributed by atoms with Crippen molar-refractivity contribution in [1.29, 1.82) is 0 Å². The van der Waals surface area contributed by atoms with E-state index >= 15 is 0 Å². The van der Waals surface area contributed by atoms with Crippen molar-refractivity contribution < 1.29 is 13.9 Å². The number of hydrogen-bond acceptors (Lipinski definition) is 3. The van der Waals surface area contributed by atoms with Gasteiger partial charge in [0.2, 0.25) is 0 Å². The van der Waals surface area contributed by atoms with E-state index < -0.39 is 0 Å². The van der Waals surface area contributed by atoms with Gasteiger partial charge in [-0.2, -0.15) is 0 Å². The van der Waals surface area contributed by atoms with Gasteiger partial charge in [-0.05, 0) is 25.5 Å². The Kier molecular flexibility index (Phi) is 6.09. The molecule has 0 radical (unpaired) electrons. The van der Waals surface area contributed by atoms with E-state index in [0.29, 0.717) is 23.8 Å². The number of nitrogens with one attached hydrogen (secondary N) is 1. The van der Waals surface area contributed by atoms with Gasteiger partial charge in [-0.3, -0.25) is 0 Å². The van der Waals surface area contributed by atoms with Gasteiger partial charge in [0.15, 0.2) is 0 Å². The quantitative estimate of drug-likeness (QED) is 0.812. The molecular formula is C14H22FNO2. The molecule has 0 aromatic heterocycles. The number of methoxy groups -OCH3 is 2. The van der Waals surface area contributed by atoms with Crippen molar-refractivity contribution in [2.24, 2.45) is 5.92 Å². The van der Waals surface area contributed by atoms with Crippen LogP contribution in [0.5, 0.6) is 5.75 Å². The fraction of sp³-hybridized carbons (Fsp3) is 0.571. The molecule has 0 saturated carbocycles. The van der Waals surface area contributed by atoms with Gasteiger partial charge >= 0.3 is 0 Å². The molecule has 0 heterocycles. The van der Waals surface area contributed by atoms with Crippen LogP contribution in [0.15, 0.2) is 18.2 Å². The normalized spacial score (nSPS) is 14.3. The van der Waals surface area contributed by atoms with Crippen LogP contribution in [-0.2, 0) is 4.74 Å². The van der Waals surface area contributed by atoms with Crippen LogP contribution in [-0.4, -0.2) is 27.9 Å². The minimum absolute atomic E-state index is 0.0129. The van der Waals surface area contributed by atoms with Gasteiger partial charge in [0.05, 0.1) is 7.11 Å². The zero-order valence-electron chi connectivity index (χ0n) is 11.5. The molecule has 0 aliphatic carbocycles. The summed E-state index contributed by atoms with van der Waals surface area (Å²) in [5, 5.41) is 3.15. The molecule has 18 heavy (non-hydrogen) atoms. The van der Waals surface area contributed by atoms with Gasteiger partial charge in [-0.25, -0.2) is 4.39 Å². The Balaban J connectivity index is 2.81. The third kappa shape index (κ3) is 3.96. The number of rotatable bonds is 7. The number of halogens is 1. The highest BCUT2D eigenvalue weighted by Crippen LogP contribution is 2.26. The van der Waals surface area contributed by atoms with Gasteiger partial charge in [-0.15, -0.1) is 0 Å². The maximum Gasteiger partial charge on any atom is 0.131 e. The van der Waals surface area contributed by atoms with Crippen LogP contribution >= 0.6 is 0 Å². The molecule has 1 rings (SSSR count). The number of hydrogen-bond donors (Lipinski definition) is 1. The lowest BCUT2D eigenvalue weighted by Gasteiger charge is -2.21. The summed E-state index contributed by atoms with van der Waals surface area (Å²) in [4.78, 5) is 0. The molecule has 0 aliphatic rings. The van der Waals surface area contributed by atoms with Crippen molar-refractivity contribution in [2.75, 3.05) is 27.9 Å². The summed E-state index contributed by atoms with van der Waals surface area (Å²) >= 11 is 0. The Morgan fingerprint density at radius 1 is 1.33 bits per heavy atom. The largest absolute Gasteiger partial charge is 0.497 e. The molecule has 1 aromatic rings. The molecule has 0 bridgehead atoms. The molecule has 2 unspecified atom stereocenters. The molecule has 0 aliphatic heterocycles. The molecule has 3 nitrogen and oxygen atoms in total. The second-order valence-electron chi connectivity index (χ2n) is 4.52. The van der Waals surface area contributed by atoms with Crippen molar-refractivity contribution in [3.8, 4) is 5.75 Å². The van der Waals surface area contributed by atoms with E-state index in [1.54, 1.807) is 19.2 Å². The van der Waals surface area contributed by atoms with Gasteiger partial charge in [-0.1, -0.05) is 13.0 Å². The molecule has 0 saturated heterocycles. The van der Waals surface area contributed by atoms with E-state index in [9.17, 15) is 4.39 Å². The monoisotopic (exact) mass is 255 g/mol. The fourth-order valence-electron chi connectivity index (χ4n) is 2.07. The van der Waals surface area contributed by atoms with E-state index in [0.717, 1.165) is 6.42 Å². The molecule has 0 fully saturated rings. The van der Waals surface area contributed by atoms with Crippen LogP contribution < -0.4 is 10.1 Å². The Morgan fingerprint density at radius 2 is 2.06 bits per heavy atom. The zero-order chi connectivity index (χ0) is 13.5. The minimum atomic E-state index is -0.238. The first-order valence-corrected chi connectivity index (χ1v) is 6.12. The van der Waals surface area contributed by atoms with Crippen LogP contribution in [0.2, 0.25) is 0 Å².